The number of aliphatic carboxylic acids is 1. The molecule has 0 fully saturated rings. The van der Waals surface area contributed by atoms with Crippen molar-refractivity contribution in [2.75, 3.05) is 7.05 Å². The Kier molecular flexibility index (Phi) is 4.03. The van der Waals surface area contributed by atoms with Crippen molar-refractivity contribution in [3.05, 3.63) is 0 Å². The van der Waals surface area contributed by atoms with Crippen LogP contribution in [-0.4, -0.2) is 24.2 Å². The molecule has 60 valence electrons. The summed E-state index contributed by atoms with van der Waals surface area (Å²) in [5, 5.41) is 11.4. The molecule has 0 rings (SSSR count). The van der Waals surface area contributed by atoms with E-state index in [4.69, 9.17) is 5.11 Å². The van der Waals surface area contributed by atoms with Crippen LogP contribution in [0.1, 0.15) is 20.3 Å². The summed E-state index contributed by atoms with van der Waals surface area (Å²) in [5.74, 6) is -0.367. The summed E-state index contributed by atoms with van der Waals surface area (Å²) < 4.78 is 0. The van der Waals surface area contributed by atoms with Gasteiger partial charge in [-0.3, -0.25) is 4.79 Å². The summed E-state index contributed by atoms with van der Waals surface area (Å²) >= 11 is 0. The maximum atomic E-state index is 10.2. The molecule has 0 aliphatic carbocycles. The predicted molar refractivity (Wildman–Crippen MR) is 39.9 cm³/mol. The molecule has 0 unspecified atom stereocenters. The molecule has 10 heavy (non-hydrogen) atoms. The number of carbonyl (C=O) groups is 1. The van der Waals surface area contributed by atoms with Crippen LogP contribution in [0.5, 0.6) is 0 Å². The molecule has 0 heterocycles. The van der Waals surface area contributed by atoms with Crippen molar-refractivity contribution in [3.63, 3.8) is 0 Å². The van der Waals surface area contributed by atoms with Gasteiger partial charge < -0.3 is 10.4 Å². The Morgan fingerprint density at radius 2 is 2.10 bits per heavy atom. The van der Waals surface area contributed by atoms with Gasteiger partial charge in [-0.05, 0) is 13.0 Å². The zero-order chi connectivity index (χ0) is 8.15. The van der Waals surface area contributed by atoms with Crippen molar-refractivity contribution >= 4 is 5.97 Å². The highest BCUT2D eigenvalue weighted by Crippen LogP contribution is 2.04. The van der Waals surface area contributed by atoms with E-state index in [1.165, 1.54) is 0 Å². The number of carboxylic acids is 1. The second kappa shape index (κ2) is 4.28. The first-order chi connectivity index (χ1) is 4.57. The molecule has 0 aromatic rings. The van der Waals surface area contributed by atoms with Gasteiger partial charge in [0.25, 0.3) is 0 Å². The third-order valence-corrected chi connectivity index (χ3v) is 1.57. The van der Waals surface area contributed by atoms with E-state index in [0.717, 1.165) is 0 Å². The van der Waals surface area contributed by atoms with E-state index >= 15 is 0 Å². The highest BCUT2D eigenvalue weighted by atomic mass is 16.4. The monoisotopic (exact) mass is 145 g/mol. The van der Waals surface area contributed by atoms with Gasteiger partial charge in [-0.15, -0.1) is 0 Å². The molecule has 0 amide bonds. The molecule has 0 aliphatic rings. The van der Waals surface area contributed by atoms with Crippen molar-refractivity contribution < 1.29 is 9.90 Å². The zero-order valence-corrected chi connectivity index (χ0v) is 6.72. The van der Waals surface area contributed by atoms with Gasteiger partial charge in [-0.1, -0.05) is 13.8 Å². The predicted octanol–water partition coefficient (Wildman–Crippen LogP) is 0.705. The average Bonchev–Trinajstić information content (AvgIpc) is 1.81. The topological polar surface area (TPSA) is 49.3 Å². The number of hydrogen-bond donors (Lipinski definition) is 2. The van der Waals surface area contributed by atoms with Gasteiger partial charge in [-0.25, -0.2) is 0 Å². The first-order valence-electron chi connectivity index (χ1n) is 3.47. The van der Waals surface area contributed by atoms with Crippen molar-refractivity contribution in [2.24, 2.45) is 5.92 Å². The van der Waals surface area contributed by atoms with Gasteiger partial charge in [0.15, 0.2) is 0 Å². The standard InChI is InChI=1S/C7H15NO2/c1-5(2)6(8-3)4-7(9)10/h5-6,8H,4H2,1-3H3,(H,9,10)/t6-/m0/s1. The molecular formula is C7H15NO2. The molecule has 1 atom stereocenters. The Hall–Kier alpha value is -0.570. The lowest BCUT2D eigenvalue weighted by Gasteiger charge is -2.17. The summed E-state index contributed by atoms with van der Waals surface area (Å²) in [7, 11) is 1.79. The van der Waals surface area contributed by atoms with Crippen LogP contribution in [0.15, 0.2) is 0 Å². The molecule has 3 heteroatoms. The first-order valence-corrected chi connectivity index (χ1v) is 3.47. The van der Waals surface area contributed by atoms with Gasteiger partial charge in [-0.2, -0.15) is 0 Å². The maximum absolute atomic E-state index is 10.2. The maximum Gasteiger partial charge on any atom is 0.304 e. The molecule has 0 saturated carbocycles. The number of hydrogen-bond acceptors (Lipinski definition) is 2. The third-order valence-electron chi connectivity index (χ3n) is 1.57. The summed E-state index contributed by atoms with van der Waals surface area (Å²) in [6.07, 6.45) is 0.203. The molecule has 0 bridgehead atoms. The fourth-order valence-electron chi connectivity index (χ4n) is 0.859. The lowest BCUT2D eigenvalue weighted by molar-refractivity contribution is -0.137. The van der Waals surface area contributed by atoms with Gasteiger partial charge >= 0.3 is 5.97 Å². The molecular weight excluding hydrogens is 130 g/mol. The van der Waals surface area contributed by atoms with Crippen LogP contribution in [0.25, 0.3) is 0 Å². The Balaban J connectivity index is 3.71. The summed E-state index contributed by atoms with van der Waals surface area (Å²) in [6, 6.07) is 0.0949. The van der Waals surface area contributed by atoms with Crippen LogP contribution >= 0.6 is 0 Å². The first kappa shape index (κ1) is 9.43. The molecule has 0 aromatic heterocycles. The van der Waals surface area contributed by atoms with Crippen molar-refractivity contribution in [1.29, 1.82) is 0 Å². The summed E-state index contributed by atoms with van der Waals surface area (Å²) in [6.45, 7) is 4.01. The fraction of sp³-hybridized carbons (Fsp3) is 0.857. The molecule has 0 radical (unpaired) electrons. The van der Waals surface area contributed by atoms with Crippen LogP contribution < -0.4 is 5.32 Å². The smallest absolute Gasteiger partial charge is 0.304 e. The Morgan fingerprint density at radius 3 is 2.20 bits per heavy atom. The largest absolute Gasteiger partial charge is 0.481 e. The molecule has 0 spiro atoms. The number of carboxylic acid groups (broad SMARTS) is 1. The highest BCUT2D eigenvalue weighted by molar-refractivity contribution is 5.67. The van der Waals surface area contributed by atoms with Gasteiger partial charge in [0.1, 0.15) is 0 Å². The Labute approximate surface area is 61.4 Å². The third kappa shape index (κ3) is 3.45. The van der Waals surface area contributed by atoms with Crippen LogP contribution in [0.3, 0.4) is 0 Å². The minimum Gasteiger partial charge on any atom is -0.481 e. The van der Waals surface area contributed by atoms with Gasteiger partial charge in [0, 0.05) is 6.04 Å². The summed E-state index contributed by atoms with van der Waals surface area (Å²) in [4.78, 5) is 10.2. The quantitative estimate of drug-likeness (QED) is 0.612. The van der Waals surface area contributed by atoms with E-state index in [1.807, 2.05) is 13.8 Å². The number of rotatable bonds is 4. The van der Waals surface area contributed by atoms with E-state index in [-0.39, 0.29) is 12.5 Å². The molecule has 0 aliphatic heterocycles. The second-order valence-corrected chi connectivity index (χ2v) is 2.74. The van der Waals surface area contributed by atoms with Crippen LogP contribution in [0.4, 0.5) is 0 Å². The van der Waals surface area contributed by atoms with Gasteiger partial charge in [0.05, 0.1) is 6.42 Å². The Morgan fingerprint density at radius 1 is 1.60 bits per heavy atom. The molecule has 0 saturated heterocycles. The summed E-state index contributed by atoms with van der Waals surface area (Å²) in [5.41, 5.74) is 0. The normalized spacial score (nSPS) is 13.6. The lowest BCUT2D eigenvalue weighted by atomic mass is 10.0. The number of nitrogens with one attached hydrogen (secondary N) is 1. The Bertz CT molecular complexity index is 112. The van der Waals surface area contributed by atoms with Crippen molar-refractivity contribution in [3.8, 4) is 0 Å². The van der Waals surface area contributed by atoms with Crippen molar-refractivity contribution in [2.45, 2.75) is 26.3 Å². The van der Waals surface area contributed by atoms with E-state index in [1.54, 1.807) is 7.05 Å². The fourth-order valence-corrected chi connectivity index (χ4v) is 0.859. The lowest BCUT2D eigenvalue weighted by Crippen LogP contribution is -2.32. The van der Waals surface area contributed by atoms with E-state index in [9.17, 15) is 4.79 Å². The minimum absolute atomic E-state index is 0.0949. The molecule has 0 aromatic carbocycles. The second-order valence-electron chi connectivity index (χ2n) is 2.74. The van der Waals surface area contributed by atoms with Gasteiger partial charge in [0.2, 0.25) is 0 Å². The minimum atomic E-state index is -0.743. The van der Waals surface area contributed by atoms with Crippen LogP contribution in [-0.2, 0) is 4.79 Å². The van der Waals surface area contributed by atoms with Crippen molar-refractivity contribution in [1.82, 2.24) is 5.32 Å². The average molecular weight is 145 g/mol. The van der Waals surface area contributed by atoms with E-state index < -0.39 is 5.97 Å². The SMILES string of the molecule is CN[C@@H](CC(=O)O)C(C)C. The molecule has 3 nitrogen and oxygen atoms in total. The van der Waals surface area contributed by atoms with E-state index in [0.29, 0.717) is 5.92 Å². The zero-order valence-electron chi connectivity index (χ0n) is 6.72. The highest BCUT2D eigenvalue weighted by Gasteiger charge is 2.13. The van der Waals surface area contributed by atoms with Crippen LogP contribution in [0.2, 0.25) is 0 Å². The van der Waals surface area contributed by atoms with Crippen LogP contribution in [0, 0.1) is 5.92 Å². The molecule has 2 N–H and O–H groups in total. The van der Waals surface area contributed by atoms with E-state index in [2.05, 4.69) is 5.32 Å².